The highest BCUT2D eigenvalue weighted by Crippen LogP contribution is 2.44. The lowest BCUT2D eigenvalue weighted by atomic mass is 9.79. The monoisotopic (exact) mass is 395 g/mol. The zero-order chi connectivity index (χ0) is 19.7. The molecule has 3 heterocycles. The van der Waals surface area contributed by atoms with Gasteiger partial charge < -0.3 is 19.9 Å². The molecule has 4 atom stereocenters. The molecule has 1 aromatic heterocycles. The summed E-state index contributed by atoms with van der Waals surface area (Å²) in [5, 5.41) is 12.8. The van der Waals surface area contributed by atoms with E-state index < -0.39 is 35.8 Å². The fourth-order valence-electron chi connectivity index (χ4n) is 4.10. The second kappa shape index (κ2) is 7.98. The van der Waals surface area contributed by atoms with E-state index in [4.69, 9.17) is 9.47 Å². The number of aliphatic carboxylic acids is 1. The lowest BCUT2D eigenvalue weighted by molar-refractivity contribution is -0.147. The van der Waals surface area contributed by atoms with Crippen molar-refractivity contribution in [3.8, 4) is 0 Å². The van der Waals surface area contributed by atoms with E-state index in [1.807, 2.05) is 20.8 Å². The van der Waals surface area contributed by atoms with Gasteiger partial charge >= 0.3 is 11.9 Å². The van der Waals surface area contributed by atoms with Crippen LogP contribution in [0.1, 0.15) is 53.9 Å². The van der Waals surface area contributed by atoms with Gasteiger partial charge in [-0.2, -0.15) is 0 Å². The maximum atomic E-state index is 12.9. The fraction of sp³-hybridized carbons (Fsp3) is 0.632. The number of thiophene rings is 1. The number of carboxylic acid groups (broad SMARTS) is 1. The van der Waals surface area contributed by atoms with Crippen molar-refractivity contribution in [1.29, 1.82) is 0 Å². The van der Waals surface area contributed by atoms with E-state index in [1.54, 1.807) is 0 Å². The molecule has 2 bridgehead atoms. The number of ether oxygens (including phenoxy) is 2. The summed E-state index contributed by atoms with van der Waals surface area (Å²) in [6, 6.07) is 0. The van der Waals surface area contributed by atoms with Crippen molar-refractivity contribution < 1.29 is 29.0 Å². The average Bonchev–Trinajstić information content (AvgIpc) is 3.31. The van der Waals surface area contributed by atoms with Crippen LogP contribution in [0.3, 0.4) is 0 Å². The first-order chi connectivity index (χ1) is 12.9. The molecule has 0 aliphatic carbocycles. The van der Waals surface area contributed by atoms with E-state index in [1.165, 1.54) is 11.3 Å². The minimum atomic E-state index is -1.01. The average molecular weight is 395 g/mol. The van der Waals surface area contributed by atoms with Crippen LogP contribution in [0.2, 0.25) is 0 Å². The summed E-state index contributed by atoms with van der Waals surface area (Å²) in [5.74, 6) is -3.45. The van der Waals surface area contributed by atoms with E-state index in [0.29, 0.717) is 42.9 Å². The number of rotatable bonds is 7. The van der Waals surface area contributed by atoms with Gasteiger partial charge in [-0.15, -0.1) is 11.3 Å². The Morgan fingerprint density at radius 3 is 2.48 bits per heavy atom. The molecular weight excluding hydrogens is 370 g/mol. The number of carbonyl (C=O) groups is 3. The third kappa shape index (κ3) is 3.60. The molecule has 2 saturated heterocycles. The molecule has 0 unspecified atom stereocenters. The molecule has 3 rings (SSSR count). The molecule has 2 aliphatic rings. The number of esters is 1. The maximum Gasteiger partial charge on any atom is 0.341 e. The third-order valence-corrected chi connectivity index (χ3v) is 6.36. The molecule has 0 spiro atoms. The van der Waals surface area contributed by atoms with Crippen molar-refractivity contribution in [2.24, 2.45) is 11.8 Å². The van der Waals surface area contributed by atoms with Crippen LogP contribution >= 0.6 is 11.3 Å². The van der Waals surface area contributed by atoms with E-state index >= 15 is 0 Å². The van der Waals surface area contributed by atoms with Gasteiger partial charge in [-0.05, 0) is 38.2 Å². The number of carbonyl (C=O) groups excluding carboxylic acids is 2. The first-order valence-electron chi connectivity index (χ1n) is 9.37. The van der Waals surface area contributed by atoms with E-state index in [0.717, 1.165) is 10.4 Å². The standard InChI is InChI=1S/C19H25NO6S/c1-4-8-25-19(24)13-10(5-2)9(3)27-17(13)20-16(21)14-11-6-7-12(26-11)15(14)18(22)23/h11-12,14-15H,4-8H2,1-3H3,(H,20,21)(H,22,23)/t11-,12+,14-,15-/m0/s1. The number of aryl methyl sites for hydroxylation is 1. The molecule has 1 aromatic rings. The smallest absolute Gasteiger partial charge is 0.341 e. The Balaban J connectivity index is 1.85. The summed E-state index contributed by atoms with van der Waals surface area (Å²) in [5.41, 5.74) is 1.24. The quantitative estimate of drug-likeness (QED) is 0.688. The molecule has 2 fully saturated rings. The highest BCUT2D eigenvalue weighted by atomic mass is 32.1. The lowest BCUT2D eigenvalue weighted by Crippen LogP contribution is -2.41. The zero-order valence-corrected chi connectivity index (χ0v) is 16.6. The van der Waals surface area contributed by atoms with Crippen LogP contribution in [0.25, 0.3) is 0 Å². The Labute approximate surface area is 162 Å². The summed E-state index contributed by atoms with van der Waals surface area (Å²) in [4.78, 5) is 38.0. The summed E-state index contributed by atoms with van der Waals surface area (Å²) in [7, 11) is 0. The van der Waals surface area contributed by atoms with Gasteiger partial charge in [0.15, 0.2) is 0 Å². The van der Waals surface area contributed by atoms with Gasteiger partial charge in [0.05, 0.1) is 36.2 Å². The van der Waals surface area contributed by atoms with Crippen molar-refractivity contribution in [2.75, 3.05) is 11.9 Å². The van der Waals surface area contributed by atoms with Crippen molar-refractivity contribution in [1.82, 2.24) is 0 Å². The highest BCUT2D eigenvalue weighted by molar-refractivity contribution is 7.16. The van der Waals surface area contributed by atoms with E-state index in [9.17, 15) is 19.5 Å². The predicted octanol–water partition coefficient (Wildman–Crippen LogP) is 3.00. The molecule has 2 N–H and O–H groups in total. The van der Waals surface area contributed by atoms with Crippen LogP contribution in [0, 0.1) is 18.8 Å². The van der Waals surface area contributed by atoms with Crippen LogP contribution in [0.4, 0.5) is 5.00 Å². The summed E-state index contributed by atoms with van der Waals surface area (Å²) in [6.07, 6.45) is 1.91. The van der Waals surface area contributed by atoms with Gasteiger partial charge in [-0.1, -0.05) is 13.8 Å². The largest absolute Gasteiger partial charge is 0.481 e. The number of carboxylic acids is 1. The first-order valence-corrected chi connectivity index (χ1v) is 10.2. The van der Waals surface area contributed by atoms with E-state index in [2.05, 4.69) is 5.32 Å². The highest BCUT2D eigenvalue weighted by Gasteiger charge is 2.55. The van der Waals surface area contributed by atoms with Crippen LogP contribution in [-0.4, -0.2) is 41.8 Å². The fourth-order valence-corrected chi connectivity index (χ4v) is 5.23. The van der Waals surface area contributed by atoms with Crippen LogP contribution in [0.5, 0.6) is 0 Å². The number of fused-ring (bicyclic) bond motifs is 2. The molecule has 8 heteroatoms. The molecule has 7 nitrogen and oxygen atoms in total. The third-order valence-electron chi connectivity index (χ3n) is 5.30. The van der Waals surface area contributed by atoms with Crippen molar-refractivity contribution in [3.63, 3.8) is 0 Å². The van der Waals surface area contributed by atoms with E-state index in [-0.39, 0.29) is 6.10 Å². The topological polar surface area (TPSA) is 102 Å². The van der Waals surface area contributed by atoms with Crippen molar-refractivity contribution in [3.05, 3.63) is 16.0 Å². The van der Waals surface area contributed by atoms with Crippen LogP contribution in [-0.2, 0) is 25.5 Å². The Bertz CT molecular complexity index is 758. The molecular formula is C19H25NO6S. The lowest BCUT2D eigenvalue weighted by Gasteiger charge is -2.23. The molecule has 0 saturated carbocycles. The second-order valence-electron chi connectivity index (χ2n) is 7.00. The van der Waals surface area contributed by atoms with Crippen molar-refractivity contribution in [2.45, 2.75) is 58.7 Å². The van der Waals surface area contributed by atoms with Gasteiger partial charge in [0.25, 0.3) is 0 Å². The van der Waals surface area contributed by atoms with Gasteiger partial charge in [-0.25, -0.2) is 4.79 Å². The summed E-state index contributed by atoms with van der Waals surface area (Å²) >= 11 is 1.32. The predicted molar refractivity (Wildman–Crippen MR) is 100 cm³/mol. The SMILES string of the molecule is CCCOC(=O)c1c(NC(=O)[C@@H]2[C@@H](C(=O)O)[C@H]3CC[C@@H]2O3)sc(C)c1CC. The molecule has 2 aliphatic heterocycles. The Morgan fingerprint density at radius 1 is 1.22 bits per heavy atom. The van der Waals surface area contributed by atoms with Crippen molar-refractivity contribution >= 4 is 34.2 Å². The van der Waals surface area contributed by atoms with Gasteiger partial charge in [-0.3, -0.25) is 9.59 Å². The number of nitrogens with one attached hydrogen (secondary N) is 1. The second-order valence-corrected chi connectivity index (χ2v) is 8.22. The van der Waals surface area contributed by atoms with Gasteiger partial charge in [0, 0.05) is 4.88 Å². The normalized spacial score (nSPS) is 26.2. The van der Waals surface area contributed by atoms with Crippen LogP contribution in [0.15, 0.2) is 0 Å². The van der Waals surface area contributed by atoms with Gasteiger partial charge in [0.2, 0.25) is 5.91 Å². The molecule has 0 aromatic carbocycles. The summed E-state index contributed by atoms with van der Waals surface area (Å²) in [6.45, 7) is 6.07. The molecule has 1 amide bonds. The summed E-state index contributed by atoms with van der Waals surface area (Å²) < 4.78 is 11.0. The minimum Gasteiger partial charge on any atom is -0.481 e. The Kier molecular flexibility index (Phi) is 5.86. The number of hydrogen-bond acceptors (Lipinski definition) is 6. The first kappa shape index (κ1) is 19.8. The van der Waals surface area contributed by atoms with Crippen LogP contribution < -0.4 is 5.32 Å². The number of hydrogen-bond donors (Lipinski definition) is 2. The zero-order valence-electron chi connectivity index (χ0n) is 15.7. The molecule has 148 valence electrons. The Morgan fingerprint density at radius 2 is 1.89 bits per heavy atom. The molecule has 0 radical (unpaired) electrons. The minimum absolute atomic E-state index is 0.311. The Hall–Kier alpha value is -1.93. The number of anilines is 1. The molecule has 27 heavy (non-hydrogen) atoms. The maximum absolute atomic E-state index is 12.9. The van der Waals surface area contributed by atoms with Gasteiger partial charge in [0.1, 0.15) is 5.00 Å². The number of amides is 1.